The molecule has 0 spiro atoms. The molecule has 2 rings (SSSR count). The standard InChI is InChI=1S/C16H16FNO3S/c1-10-7-8-22-15(10)16(20)21-9-14(19)18-11(2)12-3-5-13(17)6-4-12/h3-8,11H,9H2,1-2H3,(H,18,19)/t11-/m0/s1. The maximum atomic E-state index is 12.8. The molecule has 0 aliphatic rings. The van der Waals surface area contributed by atoms with E-state index in [0.717, 1.165) is 11.1 Å². The average molecular weight is 321 g/mol. The minimum atomic E-state index is -0.503. The third-order valence-corrected chi connectivity index (χ3v) is 4.13. The molecule has 0 radical (unpaired) electrons. The van der Waals surface area contributed by atoms with Crippen LogP contribution in [0, 0.1) is 12.7 Å². The van der Waals surface area contributed by atoms with Gasteiger partial charge in [-0.15, -0.1) is 11.3 Å². The number of esters is 1. The third kappa shape index (κ3) is 4.14. The predicted molar refractivity (Wildman–Crippen MR) is 82.3 cm³/mol. The molecule has 0 unspecified atom stereocenters. The summed E-state index contributed by atoms with van der Waals surface area (Å²) in [6.07, 6.45) is 0. The molecule has 22 heavy (non-hydrogen) atoms. The number of carbonyl (C=O) groups excluding carboxylic acids is 2. The average Bonchev–Trinajstić information content (AvgIpc) is 2.91. The van der Waals surface area contributed by atoms with Crippen molar-refractivity contribution in [2.24, 2.45) is 0 Å². The third-order valence-electron chi connectivity index (χ3n) is 3.13. The molecule has 1 aromatic carbocycles. The number of thiophene rings is 1. The first kappa shape index (κ1) is 16.2. The summed E-state index contributed by atoms with van der Waals surface area (Å²) in [5.74, 6) is -1.24. The minimum absolute atomic E-state index is 0.296. The number of carbonyl (C=O) groups is 2. The molecule has 1 atom stereocenters. The van der Waals surface area contributed by atoms with Gasteiger partial charge in [-0.05, 0) is 48.6 Å². The Morgan fingerprint density at radius 1 is 1.27 bits per heavy atom. The van der Waals surface area contributed by atoms with E-state index < -0.39 is 11.9 Å². The van der Waals surface area contributed by atoms with Gasteiger partial charge in [-0.3, -0.25) is 4.79 Å². The van der Waals surface area contributed by atoms with E-state index in [4.69, 9.17) is 4.74 Å². The summed E-state index contributed by atoms with van der Waals surface area (Å²) in [6.45, 7) is 3.24. The van der Waals surface area contributed by atoms with Crippen LogP contribution >= 0.6 is 11.3 Å². The van der Waals surface area contributed by atoms with Gasteiger partial charge in [0.05, 0.1) is 6.04 Å². The first-order valence-electron chi connectivity index (χ1n) is 6.73. The van der Waals surface area contributed by atoms with Crippen molar-refractivity contribution < 1.29 is 18.7 Å². The lowest BCUT2D eigenvalue weighted by atomic mass is 10.1. The Labute approximate surface area is 131 Å². The fourth-order valence-corrected chi connectivity index (χ4v) is 2.71. The van der Waals surface area contributed by atoms with Crippen molar-refractivity contribution in [3.8, 4) is 0 Å². The highest BCUT2D eigenvalue weighted by atomic mass is 32.1. The van der Waals surface area contributed by atoms with Crippen LogP contribution in [-0.4, -0.2) is 18.5 Å². The van der Waals surface area contributed by atoms with Crippen LogP contribution in [0.3, 0.4) is 0 Å². The van der Waals surface area contributed by atoms with E-state index in [2.05, 4.69) is 5.32 Å². The number of nitrogens with one attached hydrogen (secondary N) is 1. The number of hydrogen-bond donors (Lipinski definition) is 1. The number of benzene rings is 1. The molecule has 0 saturated heterocycles. The molecule has 1 heterocycles. The second kappa shape index (κ2) is 7.17. The summed E-state index contributed by atoms with van der Waals surface area (Å²) in [6, 6.07) is 7.38. The summed E-state index contributed by atoms with van der Waals surface area (Å²) in [4.78, 5) is 24.1. The van der Waals surface area contributed by atoms with Gasteiger partial charge in [0.15, 0.2) is 6.61 Å². The molecule has 1 N–H and O–H groups in total. The number of halogens is 1. The quantitative estimate of drug-likeness (QED) is 0.860. The molecule has 1 aromatic heterocycles. The lowest BCUT2D eigenvalue weighted by Gasteiger charge is -2.14. The van der Waals surface area contributed by atoms with Crippen molar-refractivity contribution >= 4 is 23.2 Å². The molecule has 4 nitrogen and oxygen atoms in total. The zero-order chi connectivity index (χ0) is 16.1. The number of hydrogen-bond acceptors (Lipinski definition) is 4. The molecule has 0 bridgehead atoms. The molecule has 0 aliphatic carbocycles. The Bertz CT molecular complexity index is 666. The van der Waals surface area contributed by atoms with Crippen molar-refractivity contribution in [2.75, 3.05) is 6.61 Å². The van der Waals surface area contributed by atoms with Crippen LogP contribution in [0.1, 0.15) is 33.8 Å². The summed E-state index contributed by atoms with van der Waals surface area (Å²) >= 11 is 1.28. The Morgan fingerprint density at radius 3 is 2.55 bits per heavy atom. The molecule has 1 amide bonds. The van der Waals surface area contributed by atoms with Crippen LogP contribution in [0.25, 0.3) is 0 Å². The maximum Gasteiger partial charge on any atom is 0.349 e. The monoisotopic (exact) mass is 321 g/mol. The molecule has 116 valence electrons. The maximum absolute atomic E-state index is 12.8. The topological polar surface area (TPSA) is 55.4 Å². The van der Waals surface area contributed by atoms with Crippen LogP contribution in [0.5, 0.6) is 0 Å². The Hall–Kier alpha value is -2.21. The fraction of sp³-hybridized carbons (Fsp3) is 0.250. The lowest BCUT2D eigenvalue weighted by molar-refractivity contribution is -0.124. The smallest absolute Gasteiger partial charge is 0.349 e. The highest BCUT2D eigenvalue weighted by Crippen LogP contribution is 2.16. The molecular weight excluding hydrogens is 305 g/mol. The first-order valence-corrected chi connectivity index (χ1v) is 7.61. The van der Waals surface area contributed by atoms with E-state index in [1.807, 2.05) is 13.0 Å². The van der Waals surface area contributed by atoms with Gasteiger partial charge in [0.1, 0.15) is 10.7 Å². The van der Waals surface area contributed by atoms with E-state index in [-0.39, 0.29) is 18.5 Å². The fourth-order valence-electron chi connectivity index (χ4n) is 1.90. The zero-order valence-electron chi connectivity index (χ0n) is 12.3. The highest BCUT2D eigenvalue weighted by molar-refractivity contribution is 7.12. The summed E-state index contributed by atoms with van der Waals surface area (Å²) in [5.41, 5.74) is 1.60. The largest absolute Gasteiger partial charge is 0.451 e. The normalized spacial score (nSPS) is 11.8. The number of rotatable bonds is 5. The number of ether oxygens (including phenoxy) is 1. The first-order chi connectivity index (χ1) is 10.5. The Balaban J connectivity index is 1.84. The summed E-state index contributed by atoms with van der Waals surface area (Å²) in [5, 5.41) is 4.49. The van der Waals surface area contributed by atoms with E-state index in [1.54, 1.807) is 24.4 Å². The SMILES string of the molecule is Cc1ccsc1C(=O)OCC(=O)N[C@@H](C)c1ccc(F)cc1. The number of aryl methyl sites for hydroxylation is 1. The second-order valence-corrected chi connectivity index (χ2v) is 5.77. The van der Waals surface area contributed by atoms with Crippen LogP contribution < -0.4 is 5.32 Å². The van der Waals surface area contributed by atoms with Gasteiger partial charge in [-0.2, -0.15) is 0 Å². The van der Waals surface area contributed by atoms with Crippen molar-refractivity contribution in [2.45, 2.75) is 19.9 Å². The molecule has 2 aromatic rings. The summed E-state index contributed by atoms with van der Waals surface area (Å²) in [7, 11) is 0. The Kier molecular flexibility index (Phi) is 5.27. The van der Waals surface area contributed by atoms with Crippen molar-refractivity contribution in [1.82, 2.24) is 5.32 Å². The van der Waals surface area contributed by atoms with Crippen molar-refractivity contribution in [1.29, 1.82) is 0 Å². The van der Waals surface area contributed by atoms with Crippen LogP contribution in [0.2, 0.25) is 0 Å². The van der Waals surface area contributed by atoms with Gasteiger partial charge in [-0.25, -0.2) is 9.18 Å². The van der Waals surface area contributed by atoms with Crippen LogP contribution in [0.15, 0.2) is 35.7 Å². The van der Waals surface area contributed by atoms with E-state index >= 15 is 0 Å². The molecule has 0 fully saturated rings. The highest BCUT2D eigenvalue weighted by Gasteiger charge is 2.15. The molecule has 0 saturated carbocycles. The van der Waals surface area contributed by atoms with Crippen molar-refractivity contribution in [3.63, 3.8) is 0 Å². The zero-order valence-corrected chi connectivity index (χ0v) is 13.1. The van der Waals surface area contributed by atoms with Gasteiger partial charge < -0.3 is 10.1 Å². The van der Waals surface area contributed by atoms with Crippen molar-refractivity contribution in [3.05, 3.63) is 57.5 Å². The van der Waals surface area contributed by atoms with E-state index in [9.17, 15) is 14.0 Å². The second-order valence-electron chi connectivity index (χ2n) is 4.85. The number of amides is 1. The van der Waals surface area contributed by atoms with Gasteiger partial charge in [0, 0.05) is 0 Å². The van der Waals surface area contributed by atoms with Gasteiger partial charge in [0.25, 0.3) is 5.91 Å². The predicted octanol–water partition coefficient (Wildman–Crippen LogP) is 3.23. The van der Waals surface area contributed by atoms with Crippen LogP contribution in [-0.2, 0) is 9.53 Å². The van der Waals surface area contributed by atoms with E-state index in [0.29, 0.717) is 4.88 Å². The van der Waals surface area contributed by atoms with E-state index in [1.165, 1.54) is 23.5 Å². The lowest BCUT2D eigenvalue weighted by Crippen LogP contribution is -2.31. The molecular formula is C16H16FNO3S. The van der Waals surface area contributed by atoms with Gasteiger partial charge in [0.2, 0.25) is 0 Å². The summed E-state index contributed by atoms with van der Waals surface area (Å²) < 4.78 is 17.8. The minimum Gasteiger partial charge on any atom is -0.451 e. The molecule has 6 heteroatoms. The van der Waals surface area contributed by atoms with Crippen LogP contribution in [0.4, 0.5) is 4.39 Å². The van der Waals surface area contributed by atoms with Gasteiger partial charge >= 0.3 is 5.97 Å². The van der Waals surface area contributed by atoms with Gasteiger partial charge in [-0.1, -0.05) is 12.1 Å². The Morgan fingerprint density at radius 2 is 1.95 bits per heavy atom. The molecule has 0 aliphatic heterocycles.